The zero-order valence-corrected chi connectivity index (χ0v) is 14.5. The van der Waals surface area contributed by atoms with Gasteiger partial charge in [0.15, 0.2) is 0 Å². The van der Waals surface area contributed by atoms with Crippen LogP contribution >= 0.6 is 0 Å². The van der Waals surface area contributed by atoms with Crippen molar-refractivity contribution < 1.29 is 14.0 Å². The highest BCUT2D eigenvalue weighted by Crippen LogP contribution is 2.32. The maximum atomic E-state index is 13.9. The molecule has 1 aliphatic heterocycles. The van der Waals surface area contributed by atoms with E-state index in [0.717, 1.165) is 12.8 Å². The van der Waals surface area contributed by atoms with E-state index in [1.807, 2.05) is 0 Å². The minimum Gasteiger partial charge on any atom is -0.365 e. The van der Waals surface area contributed by atoms with Gasteiger partial charge in [-0.05, 0) is 37.8 Å². The number of aromatic amines is 1. The molecule has 0 saturated carbocycles. The first-order valence-corrected chi connectivity index (χ1v) is 8.56. The third-order valence-electron chi connectivity index (χ3n) is 4.69. The van der Waals surface area contributed by atoms with Crippen LogP contribution in [0.4, 0.5) is 4.39 Å². The van der Waals surface area contributed by atoms with Crippen LogP contribution in [0.2, 0.25) is 0 Å². The number of nitrogens with one attached hydrogen (secondary N) is 1. The second-order valence-electron chi connectivity index (χ2n) is 6.41. The molecule has 1 fully saturated rings. The minimum absolute atomic E-state index is 0.222. The molecule has 2 amide bonds. The standard InChI is InChI=1S/C19H21FN4O2/c1-12(13-6-2-3-7-15(13)20)10-17(25)24-9-5-4-8-16(24)18-14(19(21)26)11-22-23-18/h2-3,6-7,10-11,16H,4-5,8-9H2,1H3,(H2,21,26)(H,22,23)/b12-10+. The first kappa shape index (κ1) is 17.8. The van der Waals surface area contributed by atoms with Crippen LogP contribution in [0.15, 0.2) is 36.5 Å². The number of hydrogen-bond donors (Lipinski definition) is 2. The quantitative estimate of drug-likeness (QED) is 0.825. The summed E-state index contributed by atoms with van der Waals surface area (Å²) in [4.78, 5) is 26.2. The number of carbonyl (C=O) groups is 2. The van der Waals surface area contributed by atoms with Gasteiger partial charge in [-0.2, -0.15) is 5.10 Å². The Kier molecular flexibility index (Phi) is 5.16. The van der Waals surface area contributed by atoms with Crippen molar-refractivity contribution in [1.82, 2.24) is 15.1 Å². The summed E-state index contributed by atoms with van der Waals surface area (Å²) in [7, 11) is 0. The highest BCUT2D eigenvalue weighted by molar-refractivity contribution is 5.96. The third kappa shape index (κ3) is 3.51. The predicted octanol–water partition coefficient (Wildman–Crippen LogP) is 2.80. The number of amides is 2. The summed E-state index contributed by atoms with van der Waals surface area (Å²) in [5.41, 5.74) is 7.21. The highest BCUT2D eigenvalue weighted by atomic mass is 19.1. The van der Waals surface area contributed by atoms with E-state index in [2.05, 4.69) is 10.2 Å². The monoisotopic (exact) mass is 356 g/mol. The first-order chi connectivity index (χ1) is 12.5. The van der Waals surface area contributed by atoms with E-state index in [1.54, 1.807) is 30.0 Å². The Bertz CT molecular complexity index is 859. The number of piperidine rings is 1. The normalized spacial score (nSPS) is 18.0. The number of aromatic nitrogens is 2. The van der Waals surface area contributed by atoms with E-state index in [9.17, 15) is 14.0 Å². The highest BCUT2D eigenvalue weighted by Gasteiger charge is 2.31. The maximum Gasteiger partial charge on any atom is 0.252 e. The Morgan fingerprint density at radius 3 is 2.81 bits per heavy atom. The lowest BCUT2D eigenvalue weighted by atomic mass is 9.96. The molecule has 26 heavy (non-hydrogen) atoms. The lowest BCUT2D eigenvalue weighted by Crippen LogP contribution is -2.38. The fraction of sp³-hybridized carbons (Fsp3) is 0.316. The van der Waals surface area contributed by atoms with Gasteiger partial charge in [0, 0.05) is 18.2 Å². The second kappa shape index (κ2) is 7.51. The molecule has 1 atom stereocenters. The number of rotatable bonds is 4. The van der Waals surface area contributed by atoms with Crippen LogP contribution in [-0.4, -0.2) is 33.5 Å². The number of allylic oxidation sites excluding steroid dienone is 1. The van der Waals surface area contributed by atoms with Crippen LogP contribution in [0.25, 0.3) is 5.57 Å². The third-order valence-corrected chi connectivity index (χ3v) is 4.69. The number of nitrogens with two attached hydrogens (primary N) is 1. The maximum absolute atomic E-state index is 13.9. The van der Waals surface area contributed by atoms with Gasteiger partial charge in [-0.15, -0.1) is 0 Å². The fourth-order valence-electron chi connectivity index (χ4n) is 3.37. The predicted molar refractivity (Wildman–Crippen MR) is 95.5 cm³/mol. The van der Waals surface area contributed by atoms with Gasteiger partial charge in [0.2, 0.25) is 5.91 Å². The summed E-state index contributed by atoms with van der Waals surface area (Å²) in [5, 5.41) is 6.71. The molecule has 1 aromatic heterocycles. The van der Waals surface area contributed by atoms with E-state index in [1.165, 1.54) is 18.3 Å². The van der Waals surface area contributed by atoms with E-state index < -0.39 is 5.91 Å². The largest absolute Gasteiger partial charge is 0.365 e. The van der Waals surface area contributed by atoms with Crippen LogP contribution in [0.3, 0.4) is 0 Å². The zero-order chi connectivity index (χ0) is 18.7. The van der Waals surface area contributed by atoms with Gasteiger partial charge in [0.05, 0.1) is 23.5 Å². The molecule has 6 nitrogen and oxygen atoms in total. The molecule has 3 N–H and O–H groups in total. The number of carbonyl (C=O) groups excluding carboxylic acids is 2. The molecular weight excluding hydrogens is 335 g/mol. The van der Waals surface area contributed by atoms with Crippen molar-refractivity contribution in [2.24, 2.45) is 5.73 Å². The molecule has 0 bridgehead atoms. The Labute approximate surface area is 150 Å². The van der Waals surface area contributed by atoms with Crippen LogP contribution in [0, 0.1) is 5.82 Å². The van der Waals surface area contributed by atoms with Gasteiger partial charge in [0.1, 0.15) is 5.82 Å². The van der Waals surface area contributed by atoms with Gasteiger partial charge in [-0.3, -0.25) is 14.7 Å². The van der Waals surface area contributed by atoms with Crippen molar-refractivity contribution in [3.8, 4) is 0 Å². The van der Waals surface area contributed by atoms with Gasteiger partial charge < -0.3 is 10.6 Å². The van der Waals surface area contributed by atoms with E-state index in [-0.39, 0.29) is 17.8 Å². The molecule has 0 radical (unpaired) electrons. The van der Waals surface area contributed by atoms with Crippen molar-refractivity contribution in [3.63, 3.8) is 0 Å². The van der Waals surface area contributed by atoms with Gasteiger partial charge in [0.25, 0.3) is 5.91 Å². The van der Waals surface area contributed by atoms with Gasteiger partial charge in [-0.25, -0.2) is 4.39 Å². The number of H-pyrrole nitrogens is 1. The lowest BCUT2D eigenvalue weighted by molar-refractivity contribution is -0.129. The van der Waals surface area contributed by atoms with E-state index >= 15 is 0 Å². The topological polar surface area (TPSA) is 92.1 Å². The minimum atomic E-state index is -0.579. The van der Waals surface area contributed by atoms with Gasteiger partial charge in [-0.1, -0.05) is 18.2 Å². The average molecular weight is 356 g/mol. The van der Waals surface area contributed by atoms with Crippen molar-refractivity contribution >= 4 is 17.4 Å². The number of halogens is 1. The molecular formula is C19H21FN4O2. The Balaban J connectivity index is 1.89. The molecule has 0 spiro atoms. The molecule has 2 aromatic rings. The number of nitrogens with zero attached hydrogens (tertiary/aromatic N) is 2. The van der Waals surface area contributed by atoms with Crippen molar-refractivity contribution in [2.45, 2.75) is 32.2 Å². The first-order valence-electron chi connectivity index (χ1n) is 8.56. The van der Waals surface area contributed by atoms with Crippen LogP contribution in [-0.2, 0) is 4.79 Å². The van der Waals surface area contributed by atoms with Crippen molar-refractivity contribution in [3.05, 3.63) is 59.2 Å². The van der Waals surface area contributed by atoms with E-state index in [0.29, 0.717) is 35.4 Å². The SMILES string of the molecule is C/C(=C\C(=O)N1CCCCC1c1[nH]ncc1C(N)=O)c1ccccc1F. The number of primary amides is 1. The number of likely N-dealkylation sites (tertiary alicyclic amines) is 1. The second-order valence-corrected chi connectivity index (χ2v) is 6.41. The van der Waals surface area contributed by atoms with Crippen molar-refractivity contribution in [1.29, 1.82) is 0 Å². The molecule has 1 aromatic carbocycles. The summed E-state index contributed by atoms with van der Waals surface area (Å²) in [6, 6.07) is 6.05. The molecule has 3 rings (SSSR count). The zero-order valence-electron chi connectivity index (χ0n) is 14.5. The van der Waals surface area contributed by atoms with Crippen LogP contribution in [0.5, 0.6) is 0 Å². The molecule has 0 aliphatic carbocycles. The molecule has 7 heteroatoms. The molecule has 1 unspecified atom stereocenters. The average Bonchev–Trinajstić information content (AvgIpc) is 3.12. The fourth-order valence-corrected chi connectivity index (χ4v) is 3.37. The van der Waals surface area contributed by atoms with Crippen LogP contribution < -0.4 is 5.73 Å². The summed E-state index contributed by atoms with van der Waals surface area (Å²) in [5.74, 6) is -1.17. The lowest BCUT2D eigenvalue weighted by Gasteiger charge is -2.35. The van der Waals surface area contributed by atoms with Gasteiger partial charge >= 0.3 is 0 Å². The number of hydrogen-bond acceptors (Lipinski definition) is 3. The van der Waals surface area contributed by atoms with Crippen LogP contribution in [0.1, 0.15) is 53.8 Å². The summed E-state index contributed by atoms with van der Waals surface area (Å²) < 4.78 is 13.9. The van der Waals surface area contributed by atoms with Crippen molar-refractivity contribution in [2.75, 3.05) is 6.54 Å². The number of benzene rings is 1. The Hall–Kier alpha value is -2.96. The molecule has 1 aliphatic rings. The summed E-state index contributed by atoms with van der Waals surface area (Å²) >= 11 is 0. The molecule has 1 saturated heterocycles. The molecule has 136 valence electrons. The van der Waals surface area contributed by atoms with E-state index in [4.69, 9.17) is 5.73 Å². The smallest absolute Gasteiger partial charge is 0.252 e. The Morgan fingerprint density at radius 2 is 2.08 bits per heavy atom. The molecule has 2 heterocycles. The summed E-state index contributed by atoms with van der Waals surface area (Å²) in [6.07, 6.45) is 5.34. The Morgan fingerprint density at radius 1 is 1.31 bits per heavy atom. The summed E-state index contributed by atoms with van der Waals surface area (Å²) in [6.45, 7) is 2.27.